The summed E-state index contributed by atoms with van der Waals surface area (Å²) in [4.78, 5) is 28.6. The number of urea groups is 1. The summed E-state index contributed by atoms with van der Waals surface area (Å²) in [7, 11) is 3.23. The van der Waals surface area contributed by atoms with E-state index in [2.05, 4.69) is 25.9 Å². The Bertz CT molecular complexity index is 639. The Kier molecular flexibility index (Phi) is 5.02. The summed E-state index contributed by atoms with van der Waals surface area (Å²) < 4.78 is 1.35. The second kappa shape index (κ2) is 7.16. The van der Waals surface area contributed by atoms with Gasteiger partial charge in [-0.25, -0.2) is 9.48 Å². The fourth-order valence-electron chi connectivity index (χ4n) is 1.56. The van der Waals surface area contributed by atoms with Crippen molar-refractivity contribution in [1.29, 1.82) is 0 Å². The molecule has 0 fully saturated rings. The fourth-order valence-corrected chi connectivity index (χ4v) is 1.56. The van der Waals surface area contributed by atoms with Crippen LogP contribution in [0.1, 0.15) is 5.56 Å². The quantitative estimate of drug-likeness (QED) is 0.814. The molecule has 0 radical (unpaired) electrons. The minimum atomic E-state index is -0.312. The molecule has 0 spiro atoms. The predicted octanol–water partition coefficient (Wildman–Crippen LogP) is 0.0830. The first kappa shape index (κ1) is 15.4. The van der Waals surface area contributed by atoms with E-state index in [4.69, 9.17) is 0 Å². The van der Waals surface area contributed by atoms with Crippen LogP contribution in [0.3, 0.4) is 0 Å². The zero-order valence-electron chi connectivity index (χ0n) is 12.4. The largest absolute Gasteiger partial charge is 0.350 e. The number of hydrogen-bond donors (Lipinski definition) is 2. The normalized spacial score (nSPS) is 10.1. The third kappa shape index (κ3) is 4.54. The van der Waals surface area contributed by atoms with Gasteiger partial charge in [0.1, 0.15) is 6.54 Å². The third-order valence-electron chi connectivity index (χ3n) is 2.70. The smallest absolute Gasteiger partial charge is 0.322 e. The average molecular weight is 303 g/mol. The molecule has 0 saturated carbocycles. The van der Waals surface area contributed by atoms with Crippen molar-refractivity contribution in [2.45, 2.75) is 13.1 Å². The minimum absolute atomic E-state index is 0.0189. The van der Waals surface area contributed by atoms with Crippen LogP contribution in [0.2, 0.25) is 0 Å². The lowest BCUT2D eigenvalue weighted by Crippen LogP contribution is -2.28. The number of amides is 3. The van der Waals surface area contributed by atoms with Gasteiger partial charge in [-0.05, 0) is 11.6 Å². The molecule has 3 amide bonds. The second-order valence-corrected chi connectivity index (χ2v) is 4.76. The van der Waals surface area contributed by atoms with E-state index in [-0.39, 0.29) is 18.5 Å². The highest BCUT2D eigenvalue weighted by atomic mass is 16.2. The molecule has 0 aliphatic carbocycles. The highest BCUT2D eigenvalue weighted by Crippen LogP contribution is 2.01. The molecular weight excluding hydrogens is 286 g/mol. The maximum absolute atomic E-state index is 11.8. The number of hydrogen-bond acceptors (Lipinski definition) is 5. The number of pyridine rings is 1. The second-order valence-electron chi connectivity index (χ2n) is 4.76. The Morgan fingerprint density at radius 1 is 1.36 bits per heavy atom. The van der Waals surface area contributed by atoms with Gasteiger partial charge in [0.25, 0.3) is 0 Å². The zero-order valence-corrected chi connectivity index (χ0v) is 12.4. The van der Waals surface area contributed by atoms with E-state index in [0.29, 0.717) is 12.4 Å². The fraction of sp³-hybridized carbons (Fsp3) is 0.308. The van der Waals surface area contributed by atoms with Gasteiger partial charge < -0.3 is 10.2 Å². The van der Waals surface area contributed by atoms with Crippen LogP contribution in [0.15, 0.2) is 30.7 Å². The average Bonchev–Trinajstić information content (AvgIpc) is 2.93. The topological polar surface area (TPSA) is 105 Å². The number of aromatic nitrogens is 4. The highest BCUT2D eigenvalue weighted by molar-refractivity contribution is 5.87. The standard InChI is InChI=1S/C13H17N7O2/c1-19(2)13(22)16-11-8-20(18-17-11)9-12(21)15-7-10-4-3-5-14-6-10/h3-6,8H,7,9H2,1-2H3,(H,15,21)(H,16,22). The molecule has 2 N–H and O–H groups in total. The van der Waals surface area contributed by atoms with E-state index >= 15 is 0 Å². The van der Waals surface area contributed by atoms with Crippen LogP contribution in [-0.4, -0.2) is 50.9 Å². The van der Waals surface area contributed by atoms with Crippen molar-refractivity contribution in [2.24, 2.45) is 0 Å². The SMILES string of the molecule is CN(C)C(=O)Nc1cn(CC(=O)NCc2cccnc2)nn1. The molecular formula is C13H17N7O2. The Balaban J connectivity index is 1.82. The van der Waals surface area contributed by atoms with Crippen molar-refractivity contribution < 1.29 is 9.59 Å². The summed E-state index contributed by atoms with van der Waals surface area (Å²) in [5, 5.41) is 12.9. The van der Waals surface area contributed by atoms with Gasteiger partial charge >= 0.3 is 6.03 Å². The van der Waals surface area contributed by atoms with Gasteiger partial charge in [0.05, 0.1) is 6.20 Å². The zero-order chi connectivity index (χ0) is 15.9. The number of rotatable bonds is 5. The van der Waals surface area contributed by atoms with Crippen molar-refractivity contribution in [3.8, 4) is 0 Å². The van der Waals surface area contributed by atoms with Gasteiger partial charge in [0.2, 0.25) is 5.91 Å². The highest BCUT2D eigenvalue weighted by Gasteiger charge is 2.09. The van der Waals surface area contributed by atoms with Gasteiger partial charge in [0.15, 0.2) is 5.82 Å². The Hall–Kier alpha value is -2.97. The van der Waals surface area contributed by atoms with Crippen LogP contribution in [0.25, 0.3) is 0 Å². The summed E-state index contributed by atoms with van der Waals surface area (Å²) in [5.41, 5.74) is 0.911. The molecule has 9 heteroatoms. The number of carbonyl (C=O) groups excluding carboxylic acids is 2. The van der Waals surface area contributed by atoms with E-state index in [0.717, 1.165) is 5.56 Å². The van der Waals surface area contributed by atoms with E-state index in [1.807, 2.05) is 6.07 Å². The Labute approximate surface area is 127 Å². The van der Waals surface area contributed by atoms with Crippen molar-refractivity contribution in [2.75, 3.05) is 19.4 Å². The molecule has 0 aliphatic heterocycles. The first-order valence-electron chi connectivity index (χ1n) is 6.58. The molecule has 0 unspecified atom stereocenters. The molecule has 22 heavy (non-hydrogen) atoms. The van der Waals surface area contributed by atoms with Crippen LogP contribution in [0, 0.1) is 0 Å². The molecule has 2 aromatic heterocycles. The van der Waals surface area contributed by atoms with Gasteiger partial charge in [-0.1, -0.05) is 11.3 Å². The number of anilines is 1. The monoisotopic (exact) mass is 303 g/mol. The van der Waals surface area contributed by atoms with Crippen molar-refractivity contribution in [3.05, 3.63) is 36.3 Å². The van der Waals surface area contributed by atoms with Gasteiger partial charge in [-0.3, -0.25) is 15.1 Å². The lowest BCUT2D eigenvalue weighted by atomic mass is 10.3. The first-order valence-corrected chi connectivity index (χ1v) is 6.58. The van der Waals surface area contributed by atoms with E-state index in [1.165, 1.54) is 15.8 Å². The summed E-state index contributed by atoms with van der Waals surface area (Å²) in [6.45, 7) is 0.413. The van der Waals surface area contributed by atoms with Crippen LogP contribution in [0.5, 0.6) is 0 Å². The van der Waals surface area contributed by atoms with Crippen molar-refractivity contribution in [1.82, 2.24) is 30.2 Å². The molecule has 0 atom stereocenters. The van der Waals surface area contributed by atoms with Gasteiger partial charge in [-0.2, -0.15) is 0 Å². The Morgan fingerprint density at radius 3 is 2.86 bits per heavy atom. The van der Waals surface area contributed by atoms with E-state index < -0.39 is 0 Å². The van der Waals surface area contributed by atoms with E-state index in [9.17, 15) is 9.59 Å². The molecule has 9 nitrogen and oxygen atoms in total. The summed E-state index contributed by atoms with van der Waals surface area (Å²) >= 11 is 0. The van der Waals surface area contributed by atoms with Gasteiger partial charge in [-0.15, -0.1) is 5.10 Å². The third-order valence-corrected chi connectivity index (χ3v) is 2.70. The molecule has 2 heterocycles. The number of carbonyl (C=O) groups is 2. The first-order chi connectivity index (χ1) is 10.5. The summed E-state index contributed by atoms with van der Waals surface area (Å²) in [6.07, 6.45) is 4.85. The maximum Gasteiger partial charge on any atom is 0.322 e. The van der Waals surface area contributed by atoms with Crippen molar-refractivity contribution >= 4 is 17.8 Å². The van der Waals surface area contributed by atoms with Crippen LogP contribution >= 0.6 is 0 Å². The lowest BCUT2D eigenvalue weighted by Gasteiger charge is -2.09. The molecule has 2 aromatic rings. The van der Waals surface area contributed by atoms with Gasteiger partial charge in [0, 0.05) is 33.0 Å². The van der Waals surface area contributed by atoms with Crippen molar-refractivity contribution in [3.63, 3.8) is 0 Å². The number of nitrogens with one attached hydrogen (secondary N) is 2. The number of nitrogens with zero attached hydrogens (tertiary/aromatic N) is 5. The summed E-state index contributed by atoms with van der Waals surface area (Å²) in [6, 6.07) is 3.36. The molecule has 0 bridgehead atoms. The molecule has 0 aliphatic rings. The molecule has 2 rings (SSSR count). The minimum Gasteiger partial charge on any atom is -0.350 e. The lowest BCUT2D eigenvalue weighted by molar-refractivity contribution is -0.122. The predicted molar refractivity (Wildman–Crippen MR) is 78.8 cm³/mol. The van der Waals surface area contributed by atoms with E-state index in [1.54, 1.807) is 32.6 Å². The van der Waals surface area contributed by atoms with Crippen LogP contribution < -0.4 is 10.6 Å². The molecule has 0 aromatic carbocycles. The van der Waals surface area contributed by atoms with Crippen LogP contribution in [-0.2, 0) is 17.9 Å². The van der Waals surface area contributed by atoms with Crippen LogP contribution in [0.4, 0.5) is 10.6 Å². The molecule has 116 valence electrons. The maximum atomic E-state index is 11.8. The molecule has 0 saturated heterocycles. The summed E-state index contributed by atoms with van der Waals surface area (Å²) in [5.74, 6) is 0.0815. The Morgan fingerprint density at radius 2 is 2.18 bits per heavy atom.